The lowest BCUT2D eigenvalue weighted by atomic mass is 10.0. The van der Waals surface area contributed by atoms with Crippen molar-refractivity contribution in [2.24, 2.45) is 11.8 Å². The van der Waals surface area contributed by atoms with Crippen LogP contribution in [0.1, 0.15) is 89.9 Å². The summed E-state index contributed by atoms with van der Waals surface area (Å²) in [5.41, 5.74) is 0. The van der Waals surface area contributed by atoms with E-state index in [-0.39, 0.29) is 0 Å². The summed E-state index contributed by atoms with van der Waals surface area (Å²) in [6.45, 7) is 0. The molecule has 18 heavy (non-hydrogen) atoms. The Morgan fingerprint density at radius 2 is 1.17 bits per heavy atom. The van der Waals surface area contributed by atoms with Gasteiger partial charge in [-0.2, -0.15) is 0 Å². The Kier molecular flexibility index (Phi) is 6.23. The summed E-state index contributed by atoms with van der Waals surface area (Å²) < 4.78 is 0. The van der Waals surface area contributed by atoms with E-state index in [0.29, 0.717) is 11.7 Å². The molecule has 2 rings (SSSR count). The fraction of sp³-hybridized carbons (Fsp3) is 0.941. The monoisotopic (exact) mass is 250 g/mol. The molecule has 1 heteroatoms. The van der Waals surface area contributed by atoms with Gasteiger partial charge in [0.15, 0.2) is 0 Å². The van der Waals surface area contributed by atoms with E-state index in [4.69, 9.17) is 0 Å². The lowest BCUT2D eigenvalue weighted by Gasteiger charge is -2.05. The lowest BCUT2D eigenvalue weighted by Crippen LogP contribution is -2.02. The van der Waals surface area contributed by atoms with Crippen LogP contribution < -0.4 is 0 Å². The Morgan fingerprint density at radius 3 is 1.78 bits per heavy atom. The second kappa shape index (κ2) is 7.96. The van der Waals surface area contributed by atoms with Crippen LogP contribution in [-0.4, -0.2) is 5.78 Å². The van der Waals surface area contributed by atoms with Gasteiger partial charge in [-0.1, -0.05) is 64.2 Å². The van der Waals surface area contributed by atoms with Gasteiger partial charge in [-0.25, -0.2) is 0 Å². The van der Waals surface area contributed by atoms with Crippen molar-refractivity contribution in [2.75, 3.05) is 0 Å². The average Bonchev–Trinajstić information content (AvgIpc) is 3.13. The van der Waals surface area contributed by atoms with Crippen molar-refractivity contribution < 1.29 is 4.79 Å². The van der Waals surface area contributed by atoms with E-state index in [1.54, 1.807) is 0 Å². The Hall–Kier alpha value is -0.330. The third-order valence-electron chi connectivity index (χ3n) is 4.83. The SMILES string of the molecule is O=C1CCCCCCCCCCCCC[C@@H]2C[C@H]12. The van der Waals surface area contributed by atoms with Crippen LogP contribution in [0.4, 0.5) is 0 Å². The molecule has 0 aromatic carbocycles. The highest BCUT2D eigenvalue weighted by Gasteiger charge is 2.40. The molecule has 0 heterocycles. The van der Waals surface area contributed by atoms with Crippen molar-refractivity contribution in [3.63, 3.8) is 0 Å². The Labute approximate surface area is 113 Å². The average molecular weight is 250 g/mol. The van der Waals surface area contributed by atoms with Gasteiger partial charge >= 0.3 is 0 Å². The summed E-state index contributed by atoms with van der Waals surface area (Å²) in [6, 6.07) is 0. The second-order valence-electron chi connectivity index (χ2n) is 6.50. The molecule has 0 aromatic rings. The van der Waals surface area contributed by atoms with Crippen LogP contribution in [0.3, 0.4) is 0 Å². The molecule has 0 radical (unpaired) electrons. The largest absolute Gasteiger partial charge is 0.299 e. The molecule has 0 unspecified atom stereocenters. The quantitative estimate of drug-likeness (QED) is 0.572. The van der Waals surface area contributed by atoms with E-state index in [9.17, 15) is 4.79 Å². The van der Waals surface area contributed by atoms with Crippen LogP contribution in [0.25, 0.3) is 0 Å². The molecule has 0 bridgehead atoms. The third-order valence-corrected chi connectivity index (χ3v) is 4.83. The third kappa shape index (κ3) is 5.12. The number of carbonyl (C=O) groups excluding carboxylic acids is 1. The van der Waals surface area contributed by atoms with Crippen molar-refractivity contribution in [3.8, 4) is 0 Å². The molecule has 2 atom stereocenters. The van der Waals surface area contributed by atoms with Crippen LogP contribution in [0.2, 0.25) is 0 Å². The highest BCUT2D eigenvalue weighted by atomic mass is 16.1. The molecule has 2 fully saturated rings. The number of fused-ring (bicyclic) bond motifs is 1. The first-order chi connectivity index (χ1) is 8.88. The molecule has 104 valence electrons. The predicted molar refractivity (Wildman–Crippen MR) is 76.6 cm³/mol. The minimum absolute atomic E-state index is 0.484. The fourth-order valence-corrected chi connectivity index (χ4v) is 3.44. The Morgan fingerprint density at radius 1 is 0.667 bits per heavy atom. The normalized spacial score (nSPS) is 32.8. The summed E-state index contributed by atoms with van der Waals surface area (Å²) in [4.78, 5) is 11.9. The number of hydrogen-bond acceptors (Lipinski definition) is 1. The molecule has 2 saturated carbocycles. The Bertz CT molecular complexity index is 246. The maximum absolute atomic E-state index is 11.9. The summed E-state index contributed by atoms with van der Waals surface area (Å²) in [7, 11) is 0. The van der Waals surface area contributed by atoms with Gasteiger partial charge in [-0.15, -0.1) is 0 Å². The molecule has 0 amide bonds. The standard InChI is InChI=1S/C17H30O/c18-17-13-11-9-7-5-3-1-2-4-6-8-10-12-15-14-16(15)17/h15-16H,1-14H2/t15-,16+/m1/s1. The van der Waals surface area contributed by atoms with Gasteiger partial charge in [0.25, 0.3) is 0 Å². The van der Waals surface area contributed by atoms with E-state index in [0.717, 1.165) is 18.8 Å². The highest BCUT2D eigenvalue weighted by molar-refractivity contribution is 5.83. The number of ketones is 1. The van der Waals surface area contributed by atoms with Crippen LogP contribution in [0, 0.1) is 11.8 Å². The minimum Gasteiger partial charge on any atom is -0.299 e. The van der Waals surface area contributed by atoms with Gasteiger partial charge in [-0.05, 0) is 25.2 Å². The van der Waals surface area contributed by atoms with E-state index in [2.05, 4.69) is 0 Å². The van der Waals surface area contributed by atoms with Crippen LogP contribution >= 0.6 is 0 Å². The maximum atomic E-state index is 11.9. The molecule has 0 spiro atoms. The molecule has 2 aliphatic carbocycles. The molecule has 0 N–H and O–H groups in total. The van der Waals surface area contributed by atoms with E-state index in [1.165, 1.54) is 77.0 Å². The maximum Gasteiger partial charge on any atom is 0.136 e. The van der Waals surface area contributed by atoms with E-state index >= 15 is 0 Å². The van der Waals surface area contributed by atoms with Crippen molar-refractivity contribution in [2.45, 2.75) is 89.9 Å². The van der Waals surface area contributed by atoms with Gasteiger partial charge in [0.2, 0.25) is 0 Å². The molecule has 0 aromatic heterocycles. The van der Waals surface area contributed by atoms with E-state index in [1.807, 2.05) is 0 Å². The van der Waals surface area contributed by atoms with Gasteiger partial charge in [-0.3, -0.25) is 4.79 Å². The zero-order chi connectivity index (χ0) is 12.6. The highest BCUT2D eigenvalue weighted by Crippen LogP contribution is 2.44. The number of carbonyl (C=O) groups is 1. The van der Waals surface area contributed by atoms with Crippen molar-refractivity contribution >= 4 is 5.78 Å². The van der Waals surface area contributed by atoms with Gasteiger partial charge in [0.05, 0.1) is 0 Å². The number of rotatable bonds is 0. The van der Waals surface area contributed by atoms with Gasteiger partial charge in [0.1, 0.15) is 5.78 Å². The number of hydrogen-bond donors (Lipinski definition) is 0. The zero-order valence-electron chi connectivity index (χ0n) is 12.0. The van der Waals surface area contributed by atoms with Crippen molar-refractivity contribution in [1.82, 2.24) is 0 Å². The van der Waals surface area contributed by atoms with Crippen LogP contribution in [0.5, 0.6) is 0 Å². The summed E-state index contributed by atoms with van der Waals surface area (Å²) in [5.74, 6) is 1.86. The molecular weight excluding hydrogens is 220 g/mol. The van der Waals surface area contributed by atoms with Gasteiger partial charge in [0, 0.05) is 12.3 Å². The molecule has 2 aliphatic rings. The fourth-order valence-electron chi connectivity index (χ4n) is 3.44. The smallest absolute Gasteiger partial charge is 0.136 e. The Balaban J connectivity index is 1.66. The zero-order valence-corrected chi connectivity index (χ0v) is 12.0. The minimum atomic E-state index is 0.484. The topological polar surface area (TPSA) is 17.1 Å². The lowest BCUT2D eigenvalue weighted by molar-refractivity contribution is -0.120. The summed E-state index contributed by atoms with van der Waals surface area (Å²) in [5, 5.41) is 0. The summed E-state index contributed by atoms with van der Waals surface area (Å²) >= 11 is 0. The molecule has 0 saturated heterocycles. The van der Waals surface area contributed by atoms with Crippen LogP contribution in [0.15, 0.2) is 0 Å². The van der Waals surface area contributed by atoms with Gasteiger partial charge < -0.3 is 0 Å². The first-order valence-corrected chi connectivity index (χ1v) is 8.40. The predicted octanol–water partition coefficient (Wildman–Crippen LogP) is 5.28. The molecule has 0 aliphatic heterocycles. The van der Waals surface area contributed by atoms with Crippen molar-refractivity contribution in [3.05, 3.63) is 0 Å². The van der Waals surface area contributed by atoms with E-state index < -0.39 is 0 Å². The molecular formula is C17H30O. The number of Topliss-reactive ketones (excluding diaryl/α,β-unsaturated/α-hetero) is 1. The van der Waals surface area contributed by atoms with Crippen molar-refractivity contribution in [1.29, 1.82) is 0 Å². The second-order valence-corrected chi connectivity index (χ2v) is 6.50. The van der Waals surface area contributed by atoms with Crippen LogP contribution in [-0.2, 0) is 4.79 Å². The first-order valence-electron chi connectivity index (χ1n) is 8.40. The summed E-state index contributed by atoms with van der Waals surface area (Å²) in [6.07, 6.45) is 18.5. The molecule has 1 nitrogen and oxygen atoms in total. The first kappa shape index (κ1) is 14.1.